The maximum absolute atomic E-state index is 12.7. The van der Waals surface area contributed by atoms with Crippen LogP contribution in [0.25, 0.3) is 10.9 Å². The van der Waals surface area contributed by atoms with Crippen LogP contribution < -0.4 is 14.5 Å². The molecule has 0 unspecified atom stereocenters. The summed E-state index contributed by atoms with van der Waals surface area (Å²) < 4.78 is 3.17. The monoisotopic (exact) mass is 393 g/mol. The van der Waals surface area contributed by atoms with E-state index in [4.69, 9.17) is 0 Å². The Bertz CT molecular complexity index is 1040. The Morgan fingerprint density at radius 1 is 1.03 bits per heavy atom. The predicted molar refractivity (Wildman–Crippen MR) is 110 cm³/mol. The van der Waals surface area contributed by atoms with Crippen molar-refractivity contribution in [2.45, 2.75) is 51.6 Å². The molecule has 3 aromatic rings. The van der Waals surface area contributed by atoms with Crippen LogP contribution in [0.4, 0.5) is 5.69 Å². The highest BCUT2D eigenvalue weighted by atomic mass is 16.3. The number of benzene rings is 2. The first kappa shape index (κ1) is 19.2. The maximum Gasteiger partial charge on any atom is 0.632 e. The van der Waals surface area contributed by atoms with E-state index in [0.29, 0.717) is 16.6 Å². The van der Waals surface area contributed by atoms with Crippen molar-refractivity contribution in [3.63, 3.8) is 0 Å². The standard InChI is InChI=1S/C23H25N3O3/c1-16-11-13-17(14-12-16)24-21(27)15-25-20-10-6-5-9-19(20)22(28)26(23(25)29)18-7-3-2-4-8-18/h5-6,9-14,18H,2-4,7-8,15H2,1H3,(H,24,27)/p+2. The lowest BCUT2D eigenvalue weighted by Gasteiger charge is -2.17. The van der Waals surface area contributed by atoms with Crippen LogP contribution in [0, 0.1) is 6.92 Å². The zero-order chi connectivity index (χ0) is 20.4. The van der Waals surface area contributed by atoms with Crippen LogP contribution in [-0.2, 0) is 11.3 Å². The summed E-state index contributed by atoms with van der Waals surface area (Å²) in [4.78, 5) is 12.7. The number of anilines is 1. The normalized spacial score (nSPS) is 14.8. The summed E-state index contributed by atoms with van der Waals surface area (Å²) in [5.41, 5.74) is 2.45. The number of aryl methyl sites for hydroxylation is 1. The molecule has 150 valence electrons. The Kier molecular flexibility index (Phi) is 5.34. The first-order valence-corrected chi connectivity index (χ1v) is 10.2. The quantitative estimate of drug-likeness (QED) is 0.596. The molecule has 29 heavy (non-hydrogen) atoms. The number of rotatable bonds is 4. The first-order valence-electron chi connectivity index (χ1n) is 10.2. The molecule has 0 atom stereocenters. The first-order chi connectivity index (χ1) is 14.0. The molecule has 0 bridgehead atoms. The molecule has 1 fully saturated rings. The highest BCUT2D eigenvalue weighted by molar-refractivity contribution is 5.90. The SMILES string of the molecule is Cc1ccc(NC(=O)C[n+]2c(O)[n+](C3CCCCC3)c(O)c3ccccc32)cc1. The van der Waals surface area contributed by atoms with E-state index < -0.39 is 0 Å². The van der Waals surface area contributed by atoms with Crippen LogP contribution in [0.1, 0.15) is 43.7 Å². The summed E-state index contributed by atoms with van der Waals surface area (Å²) in [7, 11) is 0. The van der Waals surface area contributed by atoms with Crippen molar-refractivity contribution in [3.05, 3.63) is 54.1 Å². The summed E-state index contributed by atoms with van der Waals surface area (Å²) in [5, 5.41) is 25.5. The van der Waals surface area contributed by atoms with Gasteiger partial charge >= 0.3 is 11.9 Å². The number of aromatic hydroxyl groups is 2. The average molecular weight is 393 g/mol. The van der Waals surface area contributed by atoms with Gasteiger partial charge in [0.25, 0.3) is 5.91 Å². The molecule has 1 heterocycles. The number of carbonyl (C=O) groups is 1. The fourth-order valence-corrected chi connectivity index (χ4v) is 4.17. The fraction of sp³-hybridized carbons (Fsp3) is 0.348. The third-order valence-electron chi connectivity index (χ3n) is 5.70. The maximum atomic E-state index is 12.7. The Morgan fingerprint density at radius 2 is 1.72 bits per heavy atom. The van der Waals surface area contributed by atoms with Crippen molar-refractivity contribution in [1.82, 2.24) is 0 Å². The van der Waals surface area contributed by atoms with Crippen LogP contribution in [0.15, 0.2) is 48.5 Å². The Hall–Kier alpha value is -3.15. The number of carbonyl (C=O) groups excluding carboxylic acids is 1. The molecule has 3 N–H and O–H groups in total. The molecule has 0 spiro atoms. The van der Waals surface area contributed by atoms with E-state index in [0.717, 1.165) is 31.2 Å². The fourth-order valence-electron chi connectivity index (χ4n) is 4.17. The zero-order valence-electron chi connectivity index (χ0n) is 16.6. The number of amides is 1. The molecule has 4 rings (SSSR count). The predicted octanol–water partition coefficient (Wildman–Crippen LogP) is 3.28. The number of hydrogen-bond acceptors (Lipinski definition) is 3. The smallest absolute Gasteiger partial charge is 0.459 e. The molecular formula is C23H27N3O3+2. The molecule has 0 radical (unpaired) electrons. The van der Waals surface area contributed by atoms with E-state index in [1.165, 1.54) is 6.42 Å². The lowest BCUT2D eigenvalue weighted by Crippen LogP contribution is -2.53. The van der Waals surface area contributed by atoms with Gasteiger partial charge in [0.1, 0.15) is 0 Å². The van der Waals surface area contributed by atoms with Crippen molar-refractivity contribution in [3.8, 4) is 11.9 Å². The summed E-state index contributed by atoms with van der Waals surface area (Å²) >= 11 is 0. The van der Waals surface area contributed by atoms with Gasteiger partial charge in [0, 0.05) is 24.6 Å². The lowest BCUT2D eigenvalue weighted by atomic mass is 9.95. The number of nitrogens with one attached hydrogen (secondary N) is 1. The van der Waals surface area contributed by atoms with E-state index in [1.54, 1.807) is 15.2 Å². The van der Waals surface area contributed by atoms with E-state index in [2.05, 4.69) is 5.32 Å². The molecule has 0 saturated heterocycles. The topological polar surface area (TPSA) is 77.3 Å². The Balaban J connectivity index is 1.72. The third-order valence-corrected chi connectivity index (χ3v) is 5.70. The Labute approximate surface area is 170 Å². The van der Waals surface area contributed by atoms with Crippen LogP contribution in [-0.4, -0.2) is 16.1 Å². The van der Waals surface area contributed by atoms with Gasteiger partial charge in [0.2, 0.25) is 12.1 Å². The summed E-state index contributed by atoms with van der Waals surface area (Å²) in [6.45, 7) is 1.94. The molecule has 6 heteroatoms. The van der Waals surface area contributed by atoms with Gasteiger partial charge in [0.15, 0.2) is 11.4 Å². The van der Waals surface area contributed by atoms with Crippen molar-refractivity contribution < 1.29 is 24.1 Å². The minimum absolute atomic E-state index is 0.0276. The number of fused-ring (bicyclic) bond motifs is 1. The molecule has 1 aliphatic carbocycles. The zero-order valence-corrected chi connectivity index (χ0v) is 16.6. The van der Waals surface area contributed by atoms with Gasteiger partial charge in [-0.05, 0) is 38.0 Å². The van der Waals surface area contributed by atoms with Gasteiger partial charge in [0.05, 0.1) is 0 Å². The van der Waals surface area contributed by atoms with Gasteiger partial charge in [-0.2, -0.15) is 0 Å². The van der Waals surface area contributed by atoms with Crippen molar-refractivity contribution in [1.29, 1.82) is 0 Å². The van der Waals surface area contributed by atoms with E-state index in [1.807, 2.05) is 49.4 Å². The van der Waals surface area contributed by atoms with Gasteiger partial charge < -0.3 is 15.5 Å². The van der Waals surface area contributed by atoms with Gasteiger partial charge in [-0.25, -0.2) is 0 Å². The molecule has 1 aromatic heterocycles. The van der Waals surface area contributed by atoms with Gasteiger partial charge in [-0.15, -0.1) is 0 Å². The van der Waals surface area contributed by atoms with Crippen LogP contribution in [0.5, 0.6) is 11.9 Å². The highest BCUT2D eigenvalue weighted by Crippen LogP contribution is 2.29. The van der Waals surface area contributed by atoms with Crippen molar-refractivity contribution in [2.24, 2.45) is 0 Å². The molecular weight excluding hydrogens is 366 g/mol. The largest absolute Gasteiger partial charge is 0.632 e. The third kappa shape index (κ3) is 3.88. The second-order valence-electron chi connectivity index (χ2n) is 7.80. The summed E-state index contributed by atoms with van der Waals surface area (Å²) in [6.07, 6.45) is 5.11. The number of para-hydroxylation sites is 1. The average Bonchev–Trinajstić information content (AvgIpc) is 2.74. The molecule has 1 saturated carbocycles. The second kappa shape index (κ2) is 8.07. The lowest BCUT2D eigenvalue weighted by molar-refractivity contribution is -0.830. The summed E-state index contributed by atoms with van der Waals surface area (Å²) in [5.74, 6) is -0.180. The molecule has 0 aliphatic heterocycles. The minimum Gasteiger partial charge on any atom is -0.459 e. The minimum atomic E-state index is -0.236. The number of hydrogen-bond donors (Lipinski definition) is 3. The molecule has 1 aliphatic rings. The number of nitrogens with zero attached hydrogens (tertiary/aromatic N) is 2. The molecule has 2 aromatic carbocycles. The number of aromatic nitrogens is 2. The second-order valence-corrected chi connectivity index (χ2v) is 7.80. The van der Waals surface area contributed by atoms with Crippen LogP contribution in [0.2, 0.25) is 0 Å². The van der Waals surface area contributed by atoms with E-state index in [-0.39, 0.29) is 30.4 Å². The molecule has 1 amide bonds. The Morgan fingerprint density at radius 3 is 2.45 bits per heavy atom. The molecule has 6 nitrogen and oxygen atoms in total. The van der Waals surface area contributed by atoms with Crippen molar-refractivity contribution >= 4 is 22.5 Å². The van der Waals surface area contributed by atoms with Crippen LogP contribution >= 0.6 is 0 Å². The van der Waals surface area contributed by atoms with Gasteiger partial charge in [-0.1, -0.05) is 45.4 Å². The van der Waals surface area contributed by atoms with E-state index >= 15 is 0 Å². The van der Waals surface area contributed by atoms with Crippen LogP contribution in [0.3, 0.4) is 0 Å². The van der Waals surface area contributed by atoms with Gasteiger partial charge in [-0.3, -0.25) is 4.79 Å². The summed E-state index contributed by atoms with van der Waals surface area (Å²) in [6, 6.07) is 14.8. The van der Waals surface area contributed by atoms with Crippen molar-refractivity contribution in [2.75, 3.05) is 5.32 Å². The highest BCUT2D eigenvalue weighted by Gasteiger charge is 2.39. The van der Waals surface area contributed by atoms with E-state index in [9.17, 15) is 15.0 Å².